The summed E-state index contributed by atoms with van der Waals surface area (Å²) in [6.45, 7) is 0.221. The SMILES string of the molecule is C#CCOc1cc(CON=C=N)cc(Cl)c1OCC#C. The van der Waals surface area contributed by atoms with Gasteiger partial charge in [0.25, 0.3) is 0 Å². The fourth-order valence-electron chi connectivity index (χ4n) is 1.32. The van der Waals surface area contributed by atoms with Crippen molar-refractivity contribution in [3.8, 4) is 36.2 Å². The molecule has 1 N–H and O–H groups in total. The van der Waals surface area contributed by atoms with Crippen LogP contribution in [0.3, 0.4) is 0 Å². The topological polar surface area (TPSA) is 63.9 Å². The van der Waals surface area contributed by atoms with E-state index < -0.39 is 0 Å². The van der Waals surface area contributed by atoms with Gasteiger partial charge in [0.15, 0.2) is 11.5 Å². The molecule has 0 saturated carbocycles. The number of rotatable bonds is 7. The molecule has 0 aliphatic rings. The maximum Gasteiger partial charge on any atom is 0.181 e. The van der Waals surface area contributed by atoms with Gasteiger partial charge in [-0.1, -0.05) is 23.4 Å². The number of halogens is 1. The molecule has 20 heavy (non-hydrogen) atoms. The molecule has 0 aromatic heterocycles. The summed E-state index contributed by atoms with van der Waals surface area (Å²) < 4.78 is 10.7. The van der Waals surface area contributed by atoms with Crippen LogP contribution in [0.1, 0.15) is 5.56 Å². The van der Waals surface area contributed by atoms with Crippen molar-refractivity contribution in [2.75, 3.05) is 13.2 Å². The van der Waals surface area contributed by atoms with Crippen LogP contribution in [0.4, 0.5) is 0 Å². The fourth-order valence-corrected chi connectivity index (χ4v) is 1.61. The third-order valence-electron chi connectivity index (χ3n) is 2.02. The number of nitrogens with zero attached hydrogens (tertiary/aromatic N) is 1. The van der Waals surface area contributed by atoms with Crippen molar-refractivity contribution in [1.29, 1.82) is 5.41 Å². The lowest BCUT2D eigenvalue weighted by atomic mass is 10.2. The first-order valence-electron chi connectivity index (χ1n) is 5.41. The molecule has 0 heterocycles. The smallest absolute Gasteiger partial charge is 0.181 e. The van der Waals surface area contributed by atoms with Gasteiger partial charge < -0.3 is 14.3 Å². The van der Waals surface area contributed by atoms with E-state index in [0.717, 1.165) is 0 Å². The minimum absolute atomic E-state index is 0.0556. The van der Waals surface area contributed by atoms with Gasteiger partial charge in [0.05, 0.1) is 5.02 Å². The summed E-state index contributed by atoms with van der Waals surface area (Å²) in [6, 6.07) is 5.02. The lowest BCUT2D eigenvalue weighted by molar-refractivity contribution is 0.132. The summed E-state index contributed by atoms with van der Waals surface area (Å²) >= 11 is 6.10. The zero-order valence-corrected chi connectivity index (χ0v) is 11.2. The highest BCUT2D eigenvalue weighted by Crippen LogP contribution is 2.36. The normalized spacial score (nSPS) is 8.75. The van der Waals surface area contributed by atoms with E-state index in [1.807, 2.05) is 0 Å². The molecule has 0 aliphatic carbocycles. The average molecular weight is 291 g/mol. The lowest BCUT2D eigenvalue weighted by Gasteiger charge is -2.13. The summed E-state index contributed by atoms with van der Waals surface area (Å²) in [4.78, 5) is 4.80. The Hall–Kier alpha value is -2.59. The van der Waals surface area contributed by atoms with Crippen molar-refractivity contribution in [2.45, 2.75) is 6.61 Å². The standard InChI is InChI=1S/C14H11ClN2O3/c1-3-5-18-13-8-11(9-20-17-10-16)7-12(15)14(13)19-6-4-2/h1-2,7-8,16H,5-6,9H2. The minimum atomic E-state index is 0.0556. The summed E-state index contributed by atoms with van der Waals surface area (Å²) in [6.07, 6.45) is 10.3. The molecule has 1 aromatic carbocycles. The lowest BCUT2D eigenvalue weighted by Crippen LogP contribution is -2.02. The highest BCUT2D eigenvalue weighted by molar-refractivity contribution is 6.32. The van der Waals surface area contributed by atoms with E-state index in [1.165, 1.54) is 0 Å². The second-order valence-corrected chi connectivity index (χ2v) is 3.77. The zero-order valence-electron chi connectivity index (χ0n) is 10.5. The molecule has 1 rings (SSSR count). The summed E-state index contributed by atoms with van der Waals surface area (Å²) in [5.74, 6) is 5.37. The van der Waals surface area contributed by atoms with Crippen molar-refractivity contribution in [3.63, 3.8) is 0 Å². The van der Waals surface area contributed by atoms with Crippen molar-refractivity contribution in [1.82, 2.24) is 0 Å². The monoisotopic (exact) mass is 290 g/mol. The van der Waals surface area contributed by atoms with Crippen LogP contribution in [0.2, 0.25) is 5.02 Å². The third-order valence-corrected chi connectivity index (χ3v) is 2.30. The van der Waals surface area contributed by atoms with E-state index in [4.69, 9.17) is 44.2 Å². The van der Waals surface area contributed by atoms with E-state index in [1.54, 1.807) is 18.1 Å². The van der Waals surface area contributed by atoms with Crippen LogP contribution in [-0.2, 0) is 11.4 Å². The van der Waals surface area contributed by atoms with Crippen molar-refractivity contribution >= 4 is 17.6 Å². The molecule has 0 spiro atoms. The Morgan fingerprint density at radius 2 is 1.90 bits per heavy atom. The van der Waals surface area contributed by atoms with Crippen LogP contribution in [-0.4, -0.2) is 19.2 Å². The van der Waals surface area contributed by atoms with E-state index in [-0.39, 0.29) is 19.8 Å². The second kappa shape index (κ2) is 8.50. The predicted octanol–water partition coefficient (Wildman–Crippen LogP) is 2.55. The van der Waals surface area contributed by atoms with Crippen LogP contribution < -0.4 is 9.47 Å². The van der Waals surface area contributed by atoms with Crippen LogP contribution >= 0.6 is 11.6 Å². The Morgan fingerprint density at radius 3 is 2.55 bits per heavy atom. The second-order valence-electron chi connectivity index (χ2n) is 3.37. The number of nitrogens with one attached hydrogen (secondary N) is 1. The van der Waals surface area contributed by atoms with Crippen molar-refractivity contribution in [3.05, 3.63) is 22.7 Å². The first kappa shape index (κ1) is 15.5. The Morgan fingerprint density at radius 1 is 1.20 bits per heavy atom. The molecule has 0 bridgehead atoms. The number of terminal acetylenes is 2. The molecule has 1 aromatic rings. The number of hydrogen-bond donors (Lipinski definition) is 1. The van der Waals surface area contributed by atoms with Gasteiger partial charge in [-0.3, -0.25) is 0 Å². The fraction of sp³-hybridized carbons (Fsp3) is 0.214. The molecule has 0 atom stereocenters. The first-order chi connectivity index (χ1) is 9.72. The zero-order chi connectivity index (χ0) is 14.8. The molecule has 102 valence electrons. The molecular formula is C14H11ClN2O3. The number of ether oxygens (including phenoxy) is 2. The van der Waals surface area contributed by atoms with Crippen LogP contribution in [0.25, 0.3) is 0 Å². The van der Waals surface area contributed by atoms with E-state index >= 15 is 0 Å². The molecule has 0 amide bonds. The average Bonchev–Trinajstić information content (AvgIpc) is 2.44. The molecule has 0 unspecified atom stereocenters. The third kappa shape index (κ3) is 4.59. The summed E-state index contributed by atoms with van der Waals surface area (Å²) in [5, 5.41) is 10.1. The highest BCUT2D eigenvalue weighted by Gasteiger charge is 2.13. The summed E-state index contributed by atoms with van der Waals surface area (Å²) in [5.41, 5.74) is 0.675. The van der Waals surface area contributed by atoms with Crippen LogP contribution in [0.5, 0.6) is 11.5 Å². The van der Waals surface area contributed by atoms with Crippen LogP contribution in [0.15, 0.2) is 17.3 Å². The molecule has 6 heteroatoms. The van der Waals surface area contributed by atoms with Crippen molar-refractivity contribution < 1.29 is 14.3 Å². The predicted molar refractivity (Wildman–Crippen MR) is 75.1 cm³/mol. The van der Waals surface area contributed by atoms with Gasteiger partial charge in [-0.25, -0.2) is 5.41 Å². The van der Waals surface area contributed by atoms with E-state index in [9.17, 15) is 0 Å². The van der Waals surface area contributed by atoms with E-state index in [2.05, 4.69) is 17.0 Å². The number of hydrogen-bond acceptors (Lipinski definition) is 5. The van der Waals surface area contributed by atoms with Crippen molar-refractivity contribution in [2.24, 2.45) is 5.16 Å². The quantitative estimate of drug-likeness (QED) is 0.477. The molecule has 0 radical (unpaired) electrons. The molecule has 5 nitrogen and oxygen atoms in total. The maximum atomic E-state index is 6.60. The Bertz CT molecular complexity index is 596. The Labute approximate surface area is 122 Å². The van der Waals surface area contributed by atoms with Gasteiger partial charge in [-0.05, 0) is 22.9 Å². The molecule has 0 aliphatic heterocycles. The minimum Gasteiger partial charge on any atom is -0.477 e. The van der Waals surface area contributed by atoms with Crippen LogP contribution in [0, 0.1) is 30.1 Å². The molecule has 0 fully saturated rings. The van der Waals surface area contributed by atoms with Gasteiger partial charge in [-0.15, -0.1) is 12.8 Å². The Balaban J connectivity index is 3.01. The summed E-state index contributed by atoms with van der Waals surface area (Å²) in [7, 11) is 0. The highest BCUT2D eigenvalue weighted by atomic mass is 35.5. The van der Waals surface area contributed by atoms with Gasteiger partial charge in [0.1, 0.15) is 25.8 Å². The first-order valence-corrected chi connectivity index (χ1v) is 5.79. The van der Waals surface area contributed by atoms with E-state index in [0.29, 0.717) is 22.1 Å². The Kier molecular flexibility index (Phi) is 6.57. The van der Waals surface area contributed by atoms with Gasteiger partial charge in [0, 0.05) is 0 Å². The number of benzene rings is 1. The molecular weight excluding hydrogens is 280 g/mol. The van der Waals surface area contributed by atoms with Gasteiger partial charge in [0.2, 0.25) is 0 Å². The maximum absolute atomic E-state index is 6.60. The largest absolute Gasteiger partial charge is 0.477 e. The van der Waals surface area contributed by atoms with Gasteiger partial charge >= 0.3 is 0 Å². The van der Waals surface area contributed by atoms with Gasteiger partial charge in [-0.2, -0.15) is 0 Å². The molecule has 0 saturated heterocycles.